The maximum absolute atomic E-state index is 14.0. The second-order valence-corrected chi connectivity index (χ2v) is 7.76. The molecule has 0 amide bonds. The summed E-state index contributed by atoms with van der Waals surface area (Å²) in [4.78, 5) is -0.432. The quantitative estimate of drug-likeness (QED) is 0.799. The summed E-state index contributed by atoms with van der Waals surface area (Å²) in [6.07, 6.45) is 0.752. The standard InChI is InChI=1S/C13H19FN2O3S2/c1-19-7-6-16(10-5-8-20-9-10)21(17,18)13-11(14)3-2-4-12(13)15/h2-4,10H,5-9,15H2,1H3. The van der Waals surface area contributed by atoms with Gasteiger partial charge in [-0.1, -0.05) is 6.07 Å². The molecule has 8 heteroatoms. The van der Waals surface area contributed by atoms with E-state index in [1.807, 2.05) is 0 Å². The third-order valence-corrected chi connectivity index (χ3v) is 6.58. The number of hydrogen-bond acceptors (Lipinski definition) is 5. The van der Waals surface area contributed by atoms with Gasteiger partial charge < -0.3 is 10.5 Å². The fourth-order valence-electron chi connectivity index (χ4n) is 2.34. The second-order valence-electron chi connectivity index (χ2n) is 4.78. The molecule has 0 bridgehead atoms. The Morgan fingerprint density at radius 2 is 2.29 bits per heavy atom. The van der Waals surface area contributed by atoms with E-state index in [4.69, 9.17) is 10.5 Å². The highest BCUT2D eigenvalue weighted by molar-refractivity contribution is 7.99. The molecule has 0 radical (unpaired) electrons. The van der Waals surface area contributed by atoms with Gasteiger partial charge in [-0.05, 0) is 24.3 Å². The van der Waals surface area contributed by atoms with Crippen molar-refractivity contribution in [2.75, 3.05) is 37.5 Å². The summed E-state index contributed by atoms with van der Waals surface area (Å²) < 4.78 is 45.9. The first-order valence-corrected chi connectivity index (χ1v) is 9.20. The molecule has 1 fully saturated rings. The Morgan fingerprint density at radius 3 is 2.86 bits per heavy atom. The summed E-state index contributed by atoms with van der Waals surface area (Å²) in [5, 5.41) is 0. The number of nitrogen functional groups attached to an aromatic ring is 1. The minimum absolute atomic E-state index is 0.0666. The highest BCUT2D eigenvalue weighted by Gasteiger charge is 2.36. The van der Waals surface area contributed by atoms with Crippen LogP contribution in [0.5, 0.6) is 0 Å². The predicted molar refractivity (Wildman–Crippen MR) is 82.3 cm³/mol. The first kappa shape index (κ1) is 16.5. The number of nitrogens with two attached hydrogens (primary N) is 1. The number of nitrogens with zero attached hydrogens (tertiary/aromatic N) is 1. The van der Waals surface area contributed by atoms with E-state index in [-0.39, 0.29) is 24.9 Å². The number of methoxy groups -OCH3 is 1. The molecule has 1 aliphatic rings. The number of halogens is 1. The van der Waals surface area contributed by atoms with Crippen LogP contribution >= 0.6 is 11.8 Å². The Morgan fingerprint density at radius 1 is 1.52 bits per heavy atom. The Kier molecular flexibility index (Phi) is 5.48. The lowest BCUT2D eigenvalue weighted by Crippen LogP contribution is -2.42. The fourth-order valence-corrected chi connectivity index (χ4v) is 5.47. The molecule has 1 aromatic carbocycles. The van der Waals surface area contributed by atoms with Crippen LogP contribution in [-0.2, 0) is 14.8 Å². The zero-order valence-corrected chi connectivity index (χ0v) is 13.4. The molecule has 118 valence electrons. The van der Waals surface area contributed by atoms with Crippen LogP contribution in [0.2, 0.25) is 0 Å². The fraction of sp³-hybridized carbons (Fsp3) is 0.538. The van der Waals surface area contributed by atoms with Gasteiger partial charge in [0.15, 0.2) is 0 Å². The summed E-state index contributed by atoms with van der Waals surface area (Å²) in [7, 11) is -2.47. The monoisotopic (exact) mass is 334 g/mol. The minimum atomic E-state index is -3.98. The summed E-state index contributed by atoms with van der Waals surface area (Å²) in [5.41, 5.74) is 5.62. The Labute approximate surface area is 128 Å². The van der Waals surface area contributed by atoms with Crippen molar-refractivity contribution in [2.24, 2.45) is 0 Å². The van der Waals surface area contributed by atoms with Gasteiger partial charge in [-0.3, -0.25) is 0 Å². The lowest BCUT2D eigenvalue weighted by atomic mass is 10.3. The number of anilines is 1. The SMILES string of the molecule is COCCN(C1CCSC1)S(=O)(=O)c1c(N)cccc1F. The van der Waals surface area contributed by atoms with Crippen molar-refractivity contribution in [3.63, 3.8) is 0 Å². The number of ether oxygens (including phenoxy) is 1. The average molecular weight is 334 g/mol. The van der Waals surface area contributed by atoms with Gasteiger partial charge in [-0.15, -0.1) is 0 Å². The molecule has 0 spiro atoms. The van der Waals surface area contributed by atoms with E-state index >= 15 is 0 Å². The lowest BCUT2D eigenvalue weighted by molar-refractivity contribution is 0.169. The third kappa shape index (κ3) is 3.50. The van der Waals surface area contributed by atoms with Crippen molar-refractivity contribution in [1.82, 2.24) is 4.31 Å². The van der Waals surface area contributed by atoms with Crippen molar-refractivity contribution in [3.05, 3.63) is 24.0 Å². The Balaban J connectivity index is 2.41. The van der Waals surface area contributed by atoms with E-state index < -0.39 is 20.7 Å². The molecule has 0 saturated carbocycles. The molecule has 1 aromatic rings. The van der Waals surface area contributed by atoms with Crippen LogP contribution in [-0.4, -0.2) is 50.5 Å². The van der Waals surface area contributed by atoms with Gasteiger partial charge in [-0.2, -0.15) is 16.1 Å². The molecule has 1 unspecified atom stereocenters. The Bertz CT molecular complexity index is 569. The third-order valence-electron chi connectivity index (χ3n) is 3.39. The number of rotatable bonds is 6. The lowest BCUT2D eigenvalue weighted by Gasteiger charge is -2.28. The molecular weight excluding hydrogens is 315 g/mol. The van der Waals surface area contributed by atoms with Crippen molar-refractivity contribution >= 4 is 27.5 Å². The van der Waals surface area contributed by atoms with Crippen molar-refractivity contribution in [2.45, 2.75) is 17.4 Å². The van der Waals surface area contributed by atoms with E-state index in [1.54, 1.807) is 11.8 Å². The first-order chi connectivity index (χ1) is 9.98. The van der Waals surface area contributed by atoms with Crippen molar-refractivity contribution in [3.8, 4) is 0 Å². The molecular formula is C13H19FN2O3S2. The normalized spacial score (nSPS) is 19.3. The van der Waals surface area contributed by atoms with Crippen LogP contribution in [0.4, 0.5) is 10.1 Å². The smallest absolute Gasteiger partial charge is 0.248 e. The summed E-state index contributed by atoms with van der Waals surface area (Å²) in [6.45, 7) is 0.451. The van der Waals surface area contributed by atoms with Crippen LogP contribution in [0.15, 0.2) is 23.1 Å². The van der Waals surface area contributed by atoms with Crippen molar-refractivity contribution < 1.29 is 17.5 Å². The maximum Gasteiger partial charge on any atom is 0.248 e. The summed E-state index contributed by atoms with van der Waals surface area (Å²) in [5.74, 6) is 0.788. The molecule has 1 atom stereocenters. The van der Waals surface area contributed by atoms with Gasteiger partial charge in [0.2, 0.25) is 10.0 Å². The molecule has 1 aliphatic heterocycles. The van der Waals surface area contributed by atoms with E-state index in [9.17, 15) is 12.8 Å². The summed E-state index contributed by atoms with van der Waals surface area (Å²) in [6, 6.07) is 3.76. The van der Waals surface area contributed by atoms with Gasteiger partial charge >= 0.3 is 0 Å². The van der Waals surface area contributed by atoms with E-state index in [0.29, 0.717) is 5.75 Å². The average Bonchev–Trinajstić information content (AvgIpc) is 2.92. The molecule has 0 aliphatic carbocycles. The van der Waals surface area contributed by atoms with Crippen LogP contribution in [0.1, 0.15) is 6.42 Å². The van der Waals surface area contributed by atoms with Gasteiger partial charge in [0.05, 0.1) is 12.3 Å². The molecule has 1 heterocycles. The largest absolute Gasteiger partial charge is 0.398 e. The zero-order valence-electron chi connectivity index (χ0n) is 11.8. The Hall–Kier alpha value is -0.830. The highest BCUT2D eigenvalue weighted by atomic mass is 32.2. The molecule has 0 aromatic heterocycles. The molecule has 21 heavy (non-hydrogen) atoms. The van der Waals surface area contributed by atoms with Crippen LogP contribution in [0.3, 0.4) is 0 Å². The van der Waals surface area contributed by atoms with Crippen molar-refractivity contribution in [1.29, 1.82) is 0 Å². The number of hydrogen-bond donors (Lipinski definition) is 1. The van der Waals surface area contributed by atoms with Gasteiger partial charge in [-0.25, -0.2) is 12.8 Å². The second kappa shape index (κ2) is 6.95. The topological polar surface area (TPSA) is 72.6 Å². The number of benzene rings is 1. The minimum Gasteiger partial charge on any atom is -0.398 e. The number of thioether (sulfide) groups is 1. The molecule has 5 nitrogen and oxygen atoms in total. The van der Waals surface area contributed by atoms with Gasteiger partial charge in [0.1, 0.15) is 10.7 Å². The van der Waals surface area contributed by atoms with Gasteiger partial charge in [0.25, 0.3) is 0 Å². The predicted octanol–water partition coefficient (Wildman–Crippen LogP) is 1.55. The van der Waals surface area contributed by atoms with E-state index in [2.05, 4.69) is 0 Å². The number of sulfonamides is 1. The molecule has 2 N–H and O–H groups in total. The van der Waals surface area contributed by atoms with Crippen LogP contribution in [0.25, 0.3) is 0 Å². The van der Waals surface area contributed by atoms with Crippen LogP contribution < -0.4 is 5.73 Å². The first-order valence-electron chi connectivity index (χ1n) is 6.61. The molecule has 1 saturated heterocycles. The van der Waals surface area contributed by atoms with E-state index in [0.717, 1.165) is 18.2 Å². The molecule has 2 rings (SSSR count). The van der Waals surface area contributed by atoms with Gasteiger partial charge in [0, 0.05) is 25.4 Å². The summed E-state index contributed by atoms with van der Waals surface area (Å²) >= 11 is 1.69. The zero-order chi connectivity index (χ0) is 15.5. The highest BCUT2D eigenvalue weighted by Crippen LogP contribution is 2.31. The van der Waals surface area contributed by atoms with Crippen LogP contribution in [0, 0.1) is 5.82 Å². The maximum atomic E-state index is 14.0. The van der Waals surface area contributed by atoms with E-state index in [1.165, 1.54) is 23.5 Å².